The van der Waals surface area contributed by atoms with Crippen molar-refractivity contribution in [2.45, 2.75) is 19.8 Å². The van der Waals surface area contributed by atoms with Gasteiger partial charge in [0.15, 0.2) is 0 Å². The molecule has 0 aromatic carbocycles. The minimum atomic E-state index is -0.648. The first kappa shape index (κ1) is 10.2. The van der Waals surface area contributed by atoms with Crippen LogP contribution in [-0.2, 0) is 0 Å². The summed E-state index contributed by atoms with van der Waals surface area (Å²) in [6, 6.07) is -0.648. The number of alkyl halides is 1. The van der Waals surface area contributed by atoms with Gasteiger partial charge in [0, 0.05) is 18.0 Å². The fourth-order valence-electron chi connectivity index (χ4n) is 0.555. The molecular weight excluding hydrogens is 166 g/mol. The molecule has 0 aromatic heterocycles. The lowest BCUT2D eigenvalue weighted by molar-refractivity contribution is 0.249. The predicted molar refractivity (Wildman–Crippen MR) is 45.8 cm³/mol. The Bertz CT molecular complexity index is 158. The Morgan fingerprint density at radius 3 is 2.73 bits per heavy atom. The third kappa shape index (κ3) is 5.66. The zero-order valence-electron chi connectivity index (χ0n) is 6.43. The van der Waals surface area contributed by atoms with Gasteiger partial charge in [-0.15, -0.1) is 11.6 Å². The van der Waals surface area contributed by atoms with Gasteiger partial charge in [-0.3, -0.25) is 0 Å². The van der Waals surface area contributed by atoms with E-state index in [0.717, 1.165) is 12.1 Å². The SMILES string of the molecule is CC/C(CCCl)=N\NC(N)=O. The third-order valence-corrected chi connectivity index (χ3v) is 1.30. The van der Waals surface area contributed by atoms with E-state index in [0.29, 0.717) is 12.3 Å². The molecule has 0 aliphatic carbocycles. The number of hydrogen-bond donors (Lipinski definition) is 2. The number of primary amides is 1. The van der Waals surface area contributed by atoms with Crippen LogP contribution in [0.5, 0.6) is 0 Å². The molecule has 0 fully saturated rings. The number of carbonyl (C=O) groups is 1. The lowest BCUT2D eigenvalue weighted by Gasteiger charge is -1.99. The number of nitrogens with zero attached hydrogens (tertiary/aromatic N) is 1. The molecule has 4 nitrogen and oxygen atoms in total. The predicted octanol–water partition coefficient (Wildman–Crippen LogP) is 1.05. The van der Waals surface area contributed by atoms with Gasteiger partial charge in [-0.05, 0) is 6.42 Å². The van der Waals surface area contributed by atoms with Gasteiger partial charge in [0.25, 0.3) is 0 Å². The van der Waals surface area contributed by atoms with Gasteiger partial charge in [-0.25, -0.2) is 10.2 Å². The van der Waals surface area contributed by atoms with Crippen LogP contribution in [0.3, 0.4) is 0 Å². The van der Waals surface area contributed by atoms with Crippen LogP contribution in [0.15, 0.2) is 5.10 Å². The van der Waals surface area contributed by atoms with E-state index in [1.165, 1.54) is 0 Å². The van der Waals surface area contributed by atoms with Gasteiger partial charge < -0.3 is 5.73 Å². The zero-order valence-corrected chi connectivity index (χ0v) is 7.19. The summed E-state index contributed by atoms with van der Waals surface area (Å²) in [5, 5.41) is 3.74. The summed E-state index contributed by atoms with van der Waals surface area (Å²) in [4.78, 5) is 10.2. The highest BCUT2D eigenvalue weighted by Crippen LogP contribution is 1.93. The average molecular weight is 178 g/mol. The van der Waals surface area contributed by atoms with Crippen molar-refractivity contribution >= 4 is 23.3 Å². The highest BCUT2D eigenvalue weighted by molar-refractivity contribution is 6.19. The molecule has 0 saturated carbocycles. The van der Waals surface area contributed by atoms with Crippen LogP contribution in [0.4, 0.5) is 4.79 Å². The van der Waals surface area contributed by atoms with Crippen LogP contribution < -0.4 is 11.2 Å². The summed E-state index contributed by atoms with van der Waals surface area (Å²) < 4.78 is 0. The van der Waals surface area contributed by atoms with E-state index in [2.05, 4.69) is 10.5 Å². The van der Waals surface area contributed by atoms with Crippen LogP contribution >= 0.6 is 11.6 Å². The van der Waals surface area contributed by atoms with Gasteiger partial charge in [-0.2, -0.15) is 5.10 Å². The van der Waals surface area contributed by atoms with E-state index in [4.69, 9.17) is 17.3 Å². The minimum Gasteiger partial charge on any atom is -0.350 e. The summed E-state index contributed by atoms with van der Waals surface area (Å²) in [6.45, 7) is 1.94. The lowest BCUT2D eigenvalue weighted by Crippen LogP contribution is -2.25. The molecule has 2 amide bonds. The Hall–Kier alpha value is -0.770. The Kier molecular flexibility index (Phi) is 5.56. The first-order chi connectivity index (χ1) is 5.20. The second kappa shape index (κ2) is 5.97. The molecule has 0 atom stereocenters. The highest BCUT2D eigenvalue weighted by Gasteiger charge is 1.95. The van der Waals surface area contributed by atoms with Crippen LogP contribution in [-0.4, -0.2) is 17.6 Å². The van der Waals surface area contributed by atoms with Gasteiger partial charge in [0.1, 0.15) is 0 Å². The number of halogens is 1. The molecular formula is C6H12ClN3O. The molecule has 11 heavy (non-hydrogen) atoms. The number of hydrogen-bond acceptors (Lipinski definition) is 2. The van der Waals surface area contributed by atoms with Gasteiger partial charge in [0.05, 0.1) is 0 Å². The molecule has 0 aromatic rings. The van der Waals surface area contributed by atoms with E-state index in [1.807, 2.05) is 6.92 Å². The lowest BCUT2D eigenvalue weighted by atomic mass is 10.2. The first-order valence-electron chi connectivity index (χ1n) is 3.37. The van der Waals surface area contributed by atoms with Crippen molar-refractivity contribution in [2.75, 3.05) is 5.88 Å². The summed E-state index contributed by atoms with van der Waals surface area (Å²) in [5.41, 5.74) is 7.80. The molecule has 0 rings (SSSR count). The monoisotopic (exact) mass is 177 g/mol. The maximum atomic E-state index is 10.2. The average Bonchev–Trinajstić information content (AvgIpc) is 1.97. The van der Waals surface area contributed by atoms with E-state index >= 15 is 0 Å². The largest absolute Gasteiger partial charge is 0.350 e. The number of hydrazone groups is 1. The summed E-state index contributed by atoms with van der Waals surface area (Å²) in [6.07, 6.45) is 1.45. The molecule has 3 N–H and O–H groups in total. The Morgan fingerprint density at radius 2 is 2.36 bits per heavy atom. The summed E-state index contributed by atoms with van der Waals surface area (Å²) in [7, 11) is 0. The van der Waals surface area contributed by atoms with Crippen molar-refractivity contribution in [1.29, 1.82) is 0 Å². The van der Waals surface area contributed by atoms with Crippen molar-refractivity contribution < 1.29 is 4.79 Å². The Morgan fingerprint density at radius 1 is 1.73 bits per heavy atom. The van der Waals surface area contributed by atoms with Crippen molar-refractivity contribution in [3.63, 3.8) is 0 Å². The van der Waals surface area contributed by atoms with Crippen molar-refractivity contribution in [1.82, 2.24) is 5.43 Å². The number of carbonyl (C=O) groups excluding carboxylic acids is 1. The van der Waals surface area contributed by atoms with Crippen LogP contribution in [0.2, 0.25) is 0 Å². The van der Waals surface area contributed by atoms with Gasteiger partial charge >= 0.3 is 6.03 Å². The van der Waals surface area contributed by atoms with E-state index < -0.39 is 6.03 Å². The number of rotatable bonds is 4. The normalized spacial score (nSPS) is 11.3. The fraction of sp³-hybridized carbons (Fsp3) is 0.667. The number of nitrogens with one attached hydrogen (secondary N) is 1. The number of urea groups is 1. The molecule has 0 radical (unpaired) electrons. The fourth-order valence-corrected chi connectivity index (χ4v) is 0.773. The molecule has 64 valence electrons. The Labute approximate surface area is 70.8 Å². The first-order valence-corrected chi connectivity index (χ1v) is 3.91. The summed E-state index contributed by atoms with van der Waals surface area (Å²) in [5.74, 6) is 0.507. The van der Waals surface area contributed by atoms with Crippen molar-refractivity contribution in [3.05, 3.63) is 0 Å². The standard InChI is InChI=1S/C6H12ClN3O/c1-2-5(3-4-7)9-10-6(8)11/h2-4H2,1H3,(H3,8,10,11)/b9-5+. The molecule has 0 aliphatic rings. The van der Waals surface area contributed by atoms with Gasteiger partial charge in [0.2, 0.25) is 0 Å². The maximum Gasteiger partial charge on any atom is 0.332 e. The van der Waals surface area contributed by atoms with E-state index in [9.17, 15) is 4.79 Å². The van der Waals surface area contributed by atoms with E-state index in [1.54, 1.807) is 0 Å². The van der Waals surface area contributed by atoms with Gasteiger partial charge in [-0.1, -0.05) is 6.92 Å². The smallest absolute Gasteiger partial charge is 0.332 e. The van der Waals surface area contributed by atoms with Crippen molar-refractivity contribution in [2.24, 2.45) is 10.8 Å². The molecule has 0 heterocycles. The second-order valence-electron chi connectivity index (χ2n) is 1.95. The third-order valence-electron chi connectivity index (χ3n) is 1.12. The van der Waals surface area contributed by atoms with Crippen molar-refractivity contribution in [3.8, 4) is 0 Å². The molecule has 0 unspecified atom stereocenters. The topological polar surface area (TPSA) is 67.5 Å². The van der Waals surface area contributed by atoms with Crippen LogP contribution in [0.1, 0.15) is 19.8 Å². The molecule has 0 saturated heterocycles. The highest BCUT2D eigenvalue weighted by atomic mass is 35.5. The molecule has 0 bridgehead atoms. The van der Waals surface area contributed by atoms with E-state index in [-0.39, 0.29) is 0 Å². The zero-order chi connectivity index (χ0) is 8.69. The number of nitrogens with two attached hydrogens (primary N) is 1. The summed E-state index contributed by atoms with van der Waals surface area (Å²) >= 11 is 5.47. The molecule has 0 aliphatic heterocycles. The minimum absolute atomic E-state index is 0.507. The number of amides is 2. The van der Waals surface area contributed by atoms with Crippen LogP contribution in [0.25, 0.3) is 0 Å². The molecule has 0 spiro atoms. The molecule has 5 heteroatoms. The maximum absolute atomic E-state index is 10.2. The Balaban J connectivity index is 3.80. The van der Waals surface area contributed by atoms with Crippen LogP contribution in [0, 0.1) is 0 Å². The quantitative estimate of drug-likeness (QED) is 0.376. The second-order valence-corrected chi connectivity index (χ2v) is 2.32.